The minimum atomic E-state index is -0.928. The number of nitrogens with one attached hydrogen (secondary N) is 2. The van der Waals surface area contributed by atoms with Crippen LogP contribution in [0.2, 0.25) is 0 Å². The first-order valence-electron chi connectivity index (χ1n) is 13.3. The maximum absolute atomic E-state index is 13.8. The lowest BCUT2D eigenvalue weighted by molar-refractivity contribution is -0.124. The molecule has 4 aromatic rings. The van der Waals surface area contributed by atoms with Crippen molar-refractivity contribution in [2.75, 3.05) is 10.2 Å². The molecule has 232 valence electrons. The topological polar surface area (TPSA) is 233 Å². The molecule has 4 heterocycles. The van der Waals surface area contributed by atoms with Gasteiger partial charge < -0.3 is 28.3 Å². The maximum Gasteiger partial charge on any atom is 0.244 e. The number of nitrogens with zero attached hydrogens (tertiary/aromatic N) is 4. The normalized spacial score (nSPS) is 11.6. The van der Waals surface area contributed by atoms with Gasteiger partial charge in [-0.25, -0.2) is 19.9 Å². The van der Waals surface area contributed by atoms with Gasteiger partial charge in [0.1, 0.15) is 0 Å². The molecule has 0 radical (unpaired) electrons. The van der Waals surface area contributed by atoms with Crippen molar-refractivity contribution in [3.05, 3.63) is 65.9 Å². The van der Waals surface area contributed by atoms with Crippen molar-refractivity contribution in [2.24, 2.45) is 27.9 Å². The Morgan fingerprint density at radius 1 is 0.909 bits per heavy atom. The van der Waals surface area contributed by atoms with Crippen LogP contribution in [-0.4, -0.2) is 39.6 Å². The number of anilines is 2. The third kappa shape index (κ3) is 9.15. The number of hydrogen-bond acceptors (Lipinski definition) is 11. The van der Waals surface area contributed by atoms with E-state index in [0.717, 1.165) is 37.3 Å². The van der Waals surface area contributed by atoms with Gasteiger partial charge >= 0.3 is 0 Å². The second-order valence-electron chi connectivity index (χ2n) is 9.64. The number of primary amides is 1. The molecule has 0 spiro atoms. The SMILES string of the molecule is CC(=O)Nc1nc(CCc2ccc(C(CC(N)=O)C(=O)N(C(=N)N)c3nc(CCc4ccc(CN=C(N)N)s4)cs3)s2)cs1. The Labute approximate surface area is 269 Å². The van der Waals surface area contributed by atoms with Gasteiger partial charge in [-0.05, 0) is 49.9 Å². The molecule has 0 aromatic carbocycles. The lowest BCUT2D eigenvalue weighted by Crippen LogP contribution is -2.44. The molecule has 0 aliphatic rings. The van der Waals surface area contributed by atoms with Crippen LogP contribution in [0.15, 0.2) is 40.0 Å². The molecule has 0 saturated heterocycles. The van der Waals surface area contributed by atoms with Crippen LogP contribution in [0.1, 0.15) is 50.2 Å². The first kappa shape index (κ1) is 32.7. The summed E-state index contributed by atoms with van der Waals surface area (Å²) >= 11 is 5.56. The predicted molar refractivity (Wildman–Crippen MR) is 177 cm³/mol. The Hall–Kier alpha value is -4.19. The molecule has 0 bridgehead atoms. The number of rotatable bonds is 14. The molecule has 44 heavy (non-hydrogen) atoms. The fourth-order valence-corrected chi connectivity index (χ4v) is 7.87. The molecule has 4 rings (SSSR count). The van der Waals surface area contributed by atoms with E-state index in [1.54, 1.807) is 17.4 Å². The molecule has 13 nitrogen and oxygen atoms in total. The zero-order chi connectivity index (χ0) is 31.8. The quantitative estimate of drug-likeness (QED) is 0.0859. The zero-order valence-electron chi connectivity index (χ0n) is 23.7. The smallest absolute Gasteiger partial charge is 0.244 e. The van der Waals surface area contributed by atoms with E-state index in [-0.39, 0.29) is 23.4 Å². The fourth-order valence-electron chi connectivity index (χ4n) is 4.16. The van der Waals surface area contributed by atoms with Crippen LogP contribution in [0.25, 0.3) is 0 Å². The highest BCUT2D eigenvalue weighted by atomic mass is 32.1. The van der Waals surface area contributed by atoms with Crippen molar-refractivity contribution < 1.29 is 14.4 Å². The number of guanidine groups is 2. The number of amides is 3. The minimum absolute atomic E-state index is 0.0445. The van der Waals surface area contributed by atoms with E-state index in [0.29, 0.717) is 35.8 Å². The number of aryl methyl sites for hydroxylation is 4. The summed E-state index contributed by atoms with van der Waals surface area (Å²) in [5, 5.41) is 15.3. The van der Waals surface area contributed by atoms with Crippen LogP contribution in [0, 0.1) is 5.41 Å². The van der Waals surface area contributed by atoms with Crippen molar-refractivity contribution >= 4 is 85.3 Å². The lowest BCUT2D eigenvalue weighted by atomic mass is 10.0. The molecular formula is C27H32N10O3S4. The Kier molecular flexibility index (Phi) is 11.2. The second-order valence-corrected chi connectivity index (χ2v) is 13.8. The summed E-state index contributed by atoms with van der Waals surface area (Å²) < 4.78 is 0. The number of nitrogens with two attached hydrogens (primary N) is 4. The Bertz CT molecular complexity index is 1670. The van der Waals surface area contributed by atoms with Gasteiger partial charge in [0.25, 0.3) is 0 Å². The van der Waals surface area contributed by atoms with Gasteiger partial charge in [-0.1, -0.05) is 0 Å². The highest BCUT2D eigenvalue weighted by Gasteiger charge is 2.33. The Morgan fingerprint density at radius 3 is 2.20 bits per heavy atom. The van der Waals surface area contributed by atoms with E-state index < -0.39 is 23.7 Å². The highest BCUT2D eigenvalue weighted by molar-refractivity contribution is 7.14. The van der Waals surface area contributed by atoms with Gasteiger partial charge in [-0.15, -0.1) is 45.3 Å². The first-order valence-corrected chi connectivity index (χ1v) is 16.7. The highest BCUT2D eigenvalue weighted by Crippen LogP contribution is 2.33. The van der Waals surface area contributed by atoms with E-state index in [1.165, 1.54) is 40.9 Å². The van der Waals surface area contributed by atoms with E-state index in [2.05, 4.69) is 20.3 Å². The number of carbonyl (C=O) groups excluding carboxylic acids is 3. The summed E-state index contributed by atoms with van der Waals surface area (Å²) in [6, 6.07) is 7.69. The molecule has 10 N–H and O–H groups in total. The standard InChI is InChI=1S/C27H32N10O3S4/c1-14(38)34-26-35-15(12-41-26)2-5-18-8-9-21(44-18)20(10-22(28)39)23(40)37(25(31)32)27-36-16(13-42-27)3-4-17-6-7-19(43-17)11-33-24(29)30/h6-9,12-13,20H,2-5,10-11H2,1H3,(H2,28,39)(H3,31,32)(H4,29,30,33)(H,34,35,38). The average molecular weight is 673 g/mol. The lowest BCUT2D eigenvalue weighted by Gasteiger charge is -2.22. The largest absolute Gasteiger partial charge is 0.370 e. The maximum atomic E-state index is 13.8. The van der Waals surface area contributed by atoms with Crippen LogP contribution in [-0.2, 0) is 46.6 Å². The number of thiazole rings is 2. The molecule has 1 unspecified atom stereocenters. The predicted octanol–water partition coefficient (Wildman–Crippen LogP) is 2.91. The summed E-state index contributed by atoms with van der Waals surface area (Å²) in [7, 11) is 0. The summed E-state index contributed by atoms with van der Waals surface area (Å²) in [6.07, 6.45) is 2.38. The number of carbonyl (C=O) groups is 3. The van der Waals surface area contributed by atoms with Crippen LogP contribution < -0.4 is 33.2 Å². The van der Waals surface area contributed by atoms with E-state index in [1.807, 2.05) is 29.0 Å². The van der Waals surface area contributed by atoms with Gasteiger partial charge in [0.15, 0.2) is 16.2 Å². The van der Waals surface area contributed by atoms with Gasteiger partial charge in [0.2, 0.25) is 23.7 Å². The summed E-state index contributed by atoms with van der Waals surface area (Å²) in [4.78, 5) is 54.9. The average Bonchev–Trinajstić information content (AvgIpc) is 3.76. The molecule has 0 aliphatic carbocycles. The number of thiophene rings is 2. The molecule has 0 fully saturated rings. The number of aliphatic imine (C=N–C) groups is 1. The summed E-state index contributed by atoms with van der Waals surface area (Å²) in [5.74, 6) is -2.76. The first-order chi connectivity index (χ1) is 21.0. The van der Waals surface area contributed by atoms with Crippen molar-refractivity contribution in [3.63, 3.8) is 0 Å². The zero-order valence-corrected chi connectivity index (χ0v) is 27.0. The second kappa shape index (κ2) is 15.0. The molecular weight excluding hydrogens is 641 g/mol. The van der Waals surface area contributed by atoms with Crippen LogP contribution in [0.4, 0.5) is 10.3 Å². The van der Waals surface area contributed by atoms with Crippen molar-refractivity contribution in [1.29, 1.82) is 5.41 Å². The molecule has 17 heteroatoms. The summed E-state index contributed by atoms with van der Waals surface area (Å²) in [6.45, 7) is 1.86. The summed E-state index contributed by atoms with van der Waals surface area (Å²) in [5.41, 5.74) is 23.8. The fraction of sp³-hybridized carbons (Fsp3) is 0.296. The van der Waals surface area contributed by atoms with E-state index >= 15 is 0 Å². The van der Waals surface area contributed by atoms with Crippen molar-refractivity contribution in [2.45, 2.75) is 51.5 Å². The van der Waals surface area contributed by atoms with Crippen LogP contribution >= 0.6 is 45.3 Å². The van der Waals surface area contributed by atoms with Crippen molar-refractivity contribution in [3.8, 4) is 0 Å². The molecule has 0 aliphatic heterocycles. The number of aromatic nitrogens is 2. The molecule has 4 aromatic heterocycles. The van der Waals surface area contributed by atoms with E-state index in [4.69, 9.17) is 28.3 Å². The van der Waals surface area contributed by atoms with E-state index in [9.17, 15) is 14.4 Å². The van der Waals surface area contributed by atoms with Crippen LogP contribution in [0.5, 0.6) is 0 Å². The molecule has 1 atom stereocenters. The van der Waals surface area contributed by atoms with Crippen molar-refractivity contribution in [1.82, 2.24) is 9.97 Å². The Balaban J connectivity index is 1.44. The monoisotopic (exact) mass is 672 g/mol. The Morgan fingerprint density at radius 2 is 1.55 bits per heavy atom. The van der Waals surface area contributed by atoms with Gasteiger partial charge in [-0.3, -0.25) is 19.8 Å². The van der Waals surface area contributed by atoms with Gasteiger partial charge in [-0.2, -0.15) is 0 Å². The third-order valence-electron chi connectivity index (χ3n) is 6.15. The molecule has 0 saturated carbocycles. The van der Waals surface area contributed by atoms with Gasteiger partial charge in [0, 0.05) is 43.6 Å². The number of hydrogen-bond donors (Lipinski definition) is 6. The molecule has 3 amide bonds. The third-order valence-corrected chi connectivity index (χ3v) is 10.2. The van der Waals surface area contributed by atoms with Gasteiger partial charge in [0.05, 0.1) is 23.9 Å². The van der Waals surface area contributed by atoms with Crippen LogP contribution in [0.3, 0.4) is 0 Å². The minimum Gasteiger partial charge on any atom is -0.370 e.